The van der Waals surface area contributed by atoms with E-state index in [0.717, 1.165) is 6.92 Å². The molecule has 2 nitrogen and oxygen atoms in total. The van der Waals surface area contributed by atoms with E-state index in [1.807, 2.05) is 0 Å². The molecule has 0 fully saturated rings. The normalized spacial score (nSPS) is 6.71. The van der Waals surface area contributed by atoms with Crippen molar-refractivity contribution in [2.75, 3.05) is 0 Å². The molecule has 0 spiro atoms. The van der Waals surface area contributed by atoms with E-state index in [1.54, 1.807) is 0 Å². The van der Waals surface area contributed by atoms with Crippen molar-refractivity contribution < 1.29 is 22.8 Å². The number of hydrogen-bond acceptors (Lipinski definition) is 1. The summed E-state index contributed by atoms with van der Waals surface area (Å²) < 4.78 is 0. The van der Waals surface area contributed by atoms with Crippen LogP contribution in [0.25, 0.3) is 0 Å². The Bertz CT molecular complexity index is 45.0. The zero-order valence-corrected chi connectivity index (χ0v) is 6.00. The molecule has 0 heterocycles. The molecule has 0 aromatic carbocycles. The van der Waals surface area contributed by atoms with E-state index in [-0.39, 0.29) is 0 Å². The van der Waals surface area contributed by atoms with Crippen LogP contribution < -0.4 is 0 Å². The van der Waals surface area contributed by atoms with Crippen molar-refractivity contribution in [1.29, 1.82) is 0 Å². The Kier molecular flexibility index (Phi) is 14.7. The van der Waals surface area contributed by atoms with Gasteiger partial charge in [0.2, 0.25) is 0 Å². The Labute approximate surface area is 56.3 Å². The molecule has 7 heavy (non-hydrogen) atoms. The van der Waals surface area contributed by atoms with Crippen LogP contribution in [-0.2, 0) is 17.7 Å². The number of carboxylic acids is 1. The minimum atomic E-state index is -0.833. The van der Waals surface area contributed by atoms with Crippen molar-refractivity contribution in [1.82, 2.24) is 0 Å². The summed E-state index contributed by atoms with van der Waals surface area (Å²) in [4.78, 5) is 9.00. The van der Waals surface area contributed by atoms with Gasteiger partial charge in [-0.3, -0.25) is 4.79 Å². The first-order valence-electron chi connectivity index (χ1n) is 1.18. The van der Waals surface area contributed by atoms with Gasteiger partial charge in [0, 0.05) is 6.92 Å². The number of carboxylic acid groups (broad SMARTS) is 1. The van der Waals surface area contributed by atoms with Gasteiger partial charge in [-0.25, -0.2) is 0 Å². The molecule has 47 valence electrons. The predicted molar refractivity (Wildman–Crippen MR) is 25.0 cm³/mol. The summed E-state index contributed by atoms with van der Waals surface area (Å²) in [7, 11) is 9.47. The molecule has 5 heteroatoms. The van der Waals surface area contributed by atoms with Crippen LogP contribution in [0.1, 0.15) is 6.92 Å². The fourth-order valence-electron chi connectivity index (χ4n) is 0. The van der Waals surface area contributed by atoms with Crippen molar-refractivity contribution in [2.24, 2.45) is 0 Å². The summed E-state index contributed by atoms with van der Waals surface area (Å²) in [5.74, 6) is -0.833. The molecule has 0 aliphatic heterocycles. The Morgan fingerprint density at radius 3 is 1.71 bits per heavy atom. The molecule has 0 saturated heterocycles. The summed E-state index contributed by atoms with van der Waals surface area (Å²) in [6.07, 6.45) is 0. The molecule has 0 unspecified atom stereocenters. The van der Waals surface area contributed by atoms with E-state index in [0.29, 0.717) is 12.9 Å². The van der Waals surface area contributed by atoms with E-state index in [2.05, 4.69) is 0 Å². The van der Waals surface area contributed by atoms with Crippen molar-refractivity contribution in [2.45, 2.75) is 6.92 Å². The molecule has 0 aliphatic carbocycles. The third kappa shape index (κ3) is 440. The number of carbonyl (C=O) groups is 1. The molecule has 0 rings (SSSR count). The van der Waals surface area contributed by atoms with E-state index >= 15 is 0 Å². The molecule has 0 aromatic rings. The van der Waals surface area contributed by atoms with Gasteiger partial charge in [0.15, 0.2) is 0 Å². The maximum atomic E-state index is 9.00. The average molecular weight is 190 g/mol. The van der Waals surface area contributed by atoms with Crippen LogP contribution in [0.15, 0.2) is 0 Å². The van der Waals surface area contributed by atoms with Crippen molar-refractivity contribution in [3.05, 3.63) is 0 Å². The predicted octanol–water partition coefficient (Wildman–Crippen LogP) is 1.47. The van der Waals surface area contributed by atoms with Gasteiger partial charge in [0.1, 0.15) is 0 Å². The SMILES string of the molecule is CC(=O)O.[Cl][Co][Cl]. The molecular weight excluding hydrogens is 186 g/mol. The van der Waals surface area contributed by atoms with Gasteiger partial charge in [-0.1, -0.05) is 0 Å². The van der Waals surface area contributed by atoms with Gasteiger partial charge in [-0.05, 0) is 0 Å². The van der Waals surface area contributed by atoms with E-state index in [9.17, 15) is 0 Å². The Morgan fingerprint density at radius 2 is 1.71 bits per heavy atom. The Hall–Kier alpha value is 0.556. The molecule has 0 aromatic heterocycles. The molecule has 0 saturated carbocycles. The van der Waals surface area contributed by atoms with Crippen LogP contribution in [-0.4, -0.2) is 11.1 Å². The van der Waals surface area contributed by atoms with Gasteiger partial charge in [0.05, 0.1) is 0 Å². The molecule has 1 N–H and O–H groups in total. The fourth-order valence-corrected chi connectivity index (χ4v) is 0. The van der Waals surface area contributed by atoms with E-state index < -0.39 is 5.97 Å². The summed E-state index contributed by atoms with van der Waals surface area (Å²) in [6, 6.07) is 0. The number of halogens is 2. The number of rotatable bonds is 0. The topological polar surface area (TPSA) is 37.3 Å². The number of hydrogen-bond donors (Lipinski definition) is 1. The Morgan fingerprint density at radius 1 is 1.71 bits per heavy atom. The quantitative estimate of drug-likeness (QED) is 0.627. The molecule has 0 amide bonds. The fraction of sp³-hybridized carbons (Fsp3) is 0.500. The summed E-state index contributed by atoms with van der Waals surface area (Å²) in [5.41, 5.74) is 0. The first-order valence-corrected chi connectivity index (χ1v) is 4.04. The van der Waals surface area contributed by atoms with Crippen LogP contribution >= 0.6 is 20.3 Å². The van der Waals surface area contributed by atoms with Crippen LogP contribution in [0.2, 0.25) is 0 Å². The van der Waals surface area contributed by atoms with Gasteiger partial charge >= 0.3 is 33.2 Å². The molecular formula is C2H4Cl2CoO2. The first-order chi connectivity index (χ1) is 3.15. The van der Waals surface area contributed by atoms with Crippen LogP contribution in [0, 0.1) is 0 Å². The van der Waals surface area contributed by atoms with E-state index in [1.165, 1.54) is 0 Å². The molecule has 0 aliphatic rings. The van der Waals surface area contributed by atoms with Crippen molar-refractivity contribution in [3.8, 4) is 0 Å². The third-order valence-corrected chi connectivity index (χ3v) is 0. The summed E-state index contributed by atoms with van der Waals surface area (Å²) in [6.45, 7) is 1.08. The second-order valence-electron chi connectivity index (χ2n) is 0.567. The van der Waals surface area contributed by atoms with Gasteiger partial charge in [0.25, 0.3) is 5.97 Å². The Balaban J connectivity index is 0. The van der Waals surface area contributed by atoms with Crippen molar-refractivity contribution in [3.63, 3.8) is 0 Å². The van der Waals surface area contributed by atoms with Crippen molar-refractivity contribution >= 4 is 26.3 Å². The second kappa shape index (κ2) is 9.75. The number of aliphatic carboxylic acids is 1. The third-order valence-electron chi connectivity index (χ3n) is 0. The second-order valence-corrected chi connectivity index (χ2v) is 2.29. The monoisotopic (exact) mass is 189 g/mol. The summed E-state index contributed by atoms with van der Waals surface area (Å²) in [5, 5.41) is 7.42. The maximum absolute atomic E-state index is 9.00. The van der Waals surface area contributed by atoms with Gasteiger partial charge in [-0.2, -0.15) is 0 Å². The molecule has 0 bridgehead atoms. The van der Waals surface area contributed by atoms with Crippen LogP contribution in [0.5, 0.6) is 0 Å². The zero-order valence-electron chi connectivity index (χ0n) is 3.44. The standard InChI is InChI=1S/C2H4O2.2ClH.Co/c1-2(3)4;;;/h1H3,(H,3,4);2*1H;/q;;;+2/p-2. The average Bonchev–Trinajstić information content (AvgIpc) is 1.33. The minimum absolute atomic E-state index is 0.382. The van der Waals surface area contributed by atoms with Gasteiger partial charge in [-0.15, -0.1) is 0 Å². The van der Waals surface area contributed by atoms with Crippen LogP contribution in [0.4, 0.5) is 0 Å². The van der Waals surface area contributed by atoms with Crippen LogP contribution in [0.3, 0.4) is 0 Å². The molecule has 0 radical (unpaired) electrons. The zero-order chi connectivity index (χ0) is 6.28. The van der Waals surface area contributed by atoms with E-state index in [4.69, 9.17) is 30.2 Å². The summed E-state index contributed by atoms with van der Waals surface area (Å²) >= 11 is 0.382. The van der Waals surface area contributed by atoms with Gasteiger partial charge < -0.3 is 5.11 Å². The molecule has 0 atom stereocenters. The first kappa shape index (κ1) is 10.5.